The van der Waals surface area contributed by atoms with Gasteiger partial charge in [0.25, 0.3) is 5.91 Å². The van der Waals surface area contributed by atoms with Crippen LogP contribution in [0.15, 0.2) is 51.8 Å². The second kappa shape index (κ2) is 6.68. The van der Waals surface area contributed by atoms with Gasteiger partial charge in [-0.2, -0.15) is 0 Å². The summed E-state index contributed by atoms with van der Waals surface area (Å²) in [5.74, 6) is 0.0409. The van der Waals surface area contributed by atoms with Gasteiger partial charge in [-0.1, -0.05) is 46.3 Å². The van der Waals surface area contributed by atoms with E-state index >= 15 is 0 Å². The van der Waals surface area contributed by atoms with Crippen molar-refractivity contribution in [1.29, 1.82) is 0 Å². The number of carbonyl (C=O) groups is 1. The molecule has 0 bridgehead atoms. The summed E-state index contributed by atoms with van der Waals surface area (Å²) in [6.07, 6.45) is 0. The summed E-state index contributed by atoms with van der Waals surface area (Å²) < 4.78 is 7.62. The maximum Gasteiger partial charge on any atom is 0.307 e. The van der Waals surface area contributed by atoms with E-state index in [9.17, 15) is 9.59 Å². The van der Waals surface area contributed by atoms with Crippen LogP contribution in [0, 0.1) is 6.92 Å². The van der Waals surface area contributed by atoms with Gasteiger partial charge in [-0.25, -0.2) is 0 Å². The van der Waals surface area contributed by atoms with E-state index in [1.165, 1.54) is 0 Å². The zero-order valence-electron chi connectivity index (χ0n) is 14.4. The number of thiazole rings is 1. The molecule has 0 fully saturated rings. The standard InChI is InChI=1S/C19H14ClN3O3S/c1-10-16(17(22-26-10)12-5-3-4-6-13(12)20)18(24)21-11-7-8-14-15(9-11)27-19(25)23(14)2/h3-9H,1-2H3,(H,21,24). The van der Waals surface area contributed by atoms with Crippen molar-refractivity contribution in [3.63, 3.8) is 0 Å². The fraction of sp³-hybridized carbons (Fsp3) is 0.105. The van der Waals surface area contributed by atoms with Crippen LogP contribution in [0.3, 0.4) is 0 Å². The van der Waals surface area contributed by atoms with Crippen LogP contribution in [0.25, 0.3) is 21.5 Å². The van der Waals surface area contributed by atoms with Crippen molar-refractivity contribution >= 4 is 44.7 Å². The van der Waals surface area contributed by atoms with Crippen LogP contribution in [0.5, 0.6) is 0 Å². The summed E-state index contributed by atoms with van der Waals surface area (Å²) in [7, 11) is 1.72. The molecule has 0 aliphatic rings. The molecule has 136 valence electrons. The molecule has 1 N–H and O–H groups in total. The molecule has 0 saturated carbocycles. The lowest BCUT2D eigenvalue weighted by Gasteiger charge is -2.07. The highest BCUT2D eigenvalue weighted by Crippen LogP contribution is 2.31. The largest absolute Gasteiger partial charge is 0.360 e. The maximum atomic E-state index is 12.9. The third-order valence-electron chi connectivity index (χ3n) is 4.27. The zero-order valence-corrected chi connectivity index (χ0v) is 16.0. The van der Waals surface area contributed by atoms with E-state index in [2.05, 4.69) is 10.5 Å². The second-order valence-electron chi connectivity index (χ2n) is 6.01. The maximum absolute atomic E-state index is 12.9. The number of rotatable bonds is 3. The first-order valence-corrected chi connectivity index (χ1v) is 9.27. The van der Waals surface area contributed by atoms with Gasteiger partial charge in [-0.3, -0.25) is 9.59 Å². The Balaban J connectivity index is 1.71. The fourth-order valence-corrected chi connectivity index (χ4v) is 4.03. The van der Waals surface area contributed by atoms with Crippen molar-refractivity contribution < 1.29 is 9.32 Å². The second-order valence-corrected chi connectivity index (χ2v) is 7.41. The quantitative estimate of drug-likeness (QED) is 0.551. The molecule has 8 heteroatoms. The number of hydrogen-bond acceptors (Lipinski definition) is 5. The normalized spacial score (nSPS) is 11.1. The van der Waals surface area contributed by atoms with E-state index in [4.69, 9.17) is 16.1 Å². The molecule has 0 aliphatic carbocycles. The molecule has 6 nitrogen and oxygen atoms in total. The van der Waals surface area contributed by atoms with E-state index in [0.29, 0.717) is 33.3 Å². The first kappa shape index (κ1) is 17.5. The minimum Gasteiger partial charge on any atom is -0.360 e. The first-order valence-electron chi connectivity index (χ1n) is 8.08. The van der Waals surface area contributed by atoms with E-state index in [1.54, 1.807) is 54.9 Å². The van der Waals surface area contributed by atoms with Gasteiger partial charge in [0.15, 0.2) is 0 Å². The summed E-state index contributed by atoms with van der Waals surface area (Å²) in [4.78, 5) is 24.6. The molecule has 4 aromatic rings. The van der Waals surface area contributed by atoms with E-state index < -0.39 is 0 Å². The molecule has 0 aliphatic heterocycles. The van der Waals surface area contributed by atoms with Crippen LogP contribution in [0.1, 0.15) is 16.1 Å². The highest BCUT2D eigenvalue weighted by atomic mass is 35.5. The fourth-order valence-electron chi connectivity index (χ4n) is 2.88. The van der Waals surface area contributed by atoms with Crippen molar-refractivity contribution in [3.8, 4) is 11.3 Å². The molecule has 2 aromatic heterocycles. The summed E-state index contributed by atoms with van der Waals surface area (Å²) in [5.41, 5.74) is 2.74. The van der Waals surface area contributed by atoms with Crippen molar-refractivity contribution in [3.05, 3.63) is 68.5 Å². The zero-order chi connectivity index (χ0) is 19.1. The average molecular weight is 400 g/mol. The lowest BCUT2D eigenvalue weighted by Crippen LogP contribution is -2.13. The predicted molar refractivity (Wildman–Crippen MR) is 107 cm³/mol. The Kier molecular flexibility index (Phi) is 4.33. The average Bonchev–Trinajstić information content (AvgIpc) is 3.15. The van der Waals surface area contributed by atoms with Crippen LogP contribution in [0.2, 0.25) is 5.02 Å². The number of halogens is 1. The van der Waals surface area contributed by atoms with Crippen molar-refractivity contribution in [2.45, 2.75) is 6.92 Å². The number of nitrogens with zero attached hydrogens (tertiary/aromatic N) is 2. The number of amides is 1. The Bertz CT molecular complexity index is 1240. The molecular formula is C19H14ClN3O3S. The Morgan fingerprint density at radius 1 is 1.26 bits per heavy atom. The van der Waals surface area contributed by atoms with Gasteiger partial charge in [0.2, 0.25) is 0 Å². The van der Waals surface area contributed by atoms with Gasteiger partial charge in [0.1, 0.15) is 17.0 Å². The van der Waals surface area contributed by atoms with Crippen LogP contribution in [-0.2, 0) is 7.05 Å². The monoisotopic (exact) mass is 399 g/mol. The summed E-state index contributed by atoms with van der Waals surface area (Å²) in [6, 6.07) is 12.5. The molecule has 0 atom stereocenters. The topological polar surface area (TPSA) is 77.1 Å². The summed E-state index contributed by atoms with van der Waals surface area (Å²) >= 11 is 7.37. The molecule has 2 heterocycles. The van der Waals surface area contributed by atoms with Gasteiger partial charge >= 0.3 is 4.87 Å². The molecule has 1 amide bonds. The predicted octanol–water partition coefficient (Wildman–Crippen LogP) is 4.47. The molecule has 0 spiro atoms. The van der Waals surface area contributed by atoms with Gasteiger partial charge in [0.05, 0.1) is 15.2 Å². The van der Waals surface area contributed by atoms with E-state index in [-0.39, 0.29) is 10.8 Å². The molecule has 0 saturated heterocycles. The molecule has 0 radical (unpaired) electrons. The molecule has 0 unspecified atom stereocenters. The van der Waals surface area contributed by atoms with Gasteiger partial charge < -0.3 is 14.4 Å². The van der Waals surface area contributed by atoms with Crippen LogP contribution in [-0.4, -0.2) is 15.6 Å². The van der Waals surface area contributed by atoms with E-state index in [0.717, 1.165) is 21.6 Å². The number of fused-ring (bicyclic) bond motifs is 1. The Morgan fingerprint density at radius 3 is 2.81 bits per heavy atom. The minimum atomic E-state index is -0.355. The Morgan fingerprint density at radius 2 is 2.04 bits per heavy atom. The number of anilines is 1. The molecular weight excluding hydrogens is 386 g/mol. The third kappa shape index (κ3) is 3.05. The van der Waals surface area contributed by atoms with E-state index in [1.807, 2.05) is 6.07 Å². The smallest absolute Gasteiger partial charge is 0.307 e. The number of hydrogen-bond donors (Lipinski definition) is 1. The van der Waals surface area contributed by atoms with Gasteiger partial charge in [0, 0.05) is 18.3 Å². The van der Waals surface area contributed by atoms with Gasteiger partial charge in [-0.15, -0.1) is 0 Å². The Hall–Kier alpha value is -2.90. The highest BCUT2D eigenvalue weighted by molar-refractivity contribution is 7.16. The molecule has 27 heavy (non-hydrogen) atoms. The lowest BCUT2D eigenvalue weighted by molar-refractivity contribution is 0.102. The van der Waals surface area contributed by atoms with Crippen LogP contribution < -0.4 is 10.2 Å². The summed E-state index contributed by atoms with van der Waals surface area (Å²) in [5, 5.41) is 7.34. The van der Waals surface area contributed by atoms with Crippen molar-refractivity contribution in [1.82, 2.24) is 9.72 Å². The highest BCUT2D eigenvalue weighted by Gasteiger charge is 2.23. The number of aromatic nitrogens is 2. The number of carbonyl (C=O) groups excluding carboxylic acids is 1. The van der Waals surface area contributed by atoms with Crippen molar-refractivity contribution in [2.75, 3.05) is 5.32 Å². The van der Waals surface area contributed by atoms with Crippen LogP contribution in [0.4, 0.5) is 5.69 Å². The lowest BCUT2D eigenvalue weighted by atomic mass is 10.1. The third-order valence-corrected chi connectivity index (χ3v) is 5.59. The SMILES string of the molecule is Cc1onc(-c2ccccc2Cl)c1C(=O)Nc1ccc2c(c1)sc(=O)n2C. The minimum absolute atomic E-state index is 0.0515. The van der Waals surface area contributed by atoms with Gasteiger partial charge in [-0.05, 0) is 31.2 Å². The van der Waals surface area contributed by atoms with Crippen molar-refractivity contribution in [2.24, 2.45) is 7.05 Å². The number of aryl methyl sites for hydroxylation is 2. The van der Waals surface area contributed by atoms with Crippen LogP contribution >= 0.6 is 22.9 Å². The number of nitrogens with one attached hydrogen (secondary N) is 1. The first-order chi connectivity index (χ1) is 13.0. The Labute approximate surface area is 163 Å². The molecule has 4 rings (SSSR count). The molecule has 2 aromatic carbocycles. The number of benzene rings is 2. The summed E-state index contributed by atoms with van der Waals surface area (Å²) in [6.45, 7) is 1.68.